The van der Waals surface area contributed by atoms with Crippen LogP contribution in [-0.2, 0) is 14.8 Å². The number of carbonyl (C=O) groups is 1. The van der Waals surface area contributed by atoms with E-state index in [1.54, 1.807) is 17.0 Å². The monoisotopic (exact) mass is 360 g/mol. The van der Waals surface area contributed by atoms with Crippen LogP contribution in [0.5, 0.6) is 0 Å². The first-order valence-electron chi connectivity index (χ1n) is 6.52. The number of benzene rings is 1. The van der Waals surface area contributed by atoms with E-state index < -0.39 is 10.0 Å². The van der Waals surface area contributed by atoms with Crippen molar-refractivity contribution in [1.29, 1.82) is 0 Å². The maximum absolute atomic E-state index is 12.0. The molecule has 1 aliphatic rings. The fraction of sp³-hybridized carbons (Fsp3) is 0.462. The summed E-state index contributed by atoms with van der Waals surface area (Å²) in [6.07, 6.45) is 3.12. The lowest BCUT2D eigenvalue weighted by Gasteiger charge is -2.26. The second-order valence-electron chi connectivity index (χ2n) is 4.72. The van der Waals surface area contributed by atoms with Crippen molar-refractivity contribution in [3.8, 4) is 0 Å². The smallest absolute Gasteiger partial charge is 0.241 e. The number of nitrogens with zero attached hydrogens (tertiary/aromatic N) is 1. The van der Waals surface area contributed by atoms with Crippen molar-refractivity contribution in [3.63, 3.8) is 0 Å². The molecule has 1 N–H and O–H groups in total. The highest BCUT2D eigenvalue weighted by Crippen LogP contribution is 2.14. The zero-order valence-corrected chi connectivity index (χ0v) is 13.4. The molecular weight excluding hydrogens is 344 g/mol. The fourth-order valence-corrected chi connectivity index (χ4v) is 3.35. The third kappa shape index (κ3) is 4.04. The number of carbonyl (C=O) groups excluding carboxylic acids is 1. The molecule has 0 saturated carbocycles. The third-order valence-corrected chi connectivity index (χ3v) is 5.19. The SMILES string of the molecule is O=C(CNS(=O)(=O)c1ccc(Br)cc1)N1CCCCC1. The lowest BCUT2D eigenvalue weighted by molar-refractivity contribution is -0.130. The van der Waals surface area contributed by atoms with Gasteiger partial charge in [-0.15, -0.1) is 0 Å². The zero-order valence-electron chi connectivity index (χ0n) is 11.0. The first-order valence-corrected chi connectivity index (χ1v) is 8.80. The summed E-state index contributed by atoms with van der Waals surface area (Å²) in [4.78, 5) is 13.8. The van der Waals surface area contributed by atoms with E-state index >= 15 is 0 Å². The largest absolute Gasteiger partial charge is 0.342 e. The molecular formula is C13H17BrN2O3S. The second-order valence-corrected chi connectivity index (χ2v) is 7.40. The molecule has 20 heavy (non-hydrogen) atoms. The van der Waals surface area contributed by atoms with Gasteiger partial charge < -0.3 is 4.90 Å². The number of hydrogen-bond acceptors (Lipinski definition) is 3. The van der Waals surface area contributed by atoms with Crippen LogP contribution in [-0.4, -0.2) is 38.9 Å². The predicted octanol–water partition coefficient (Wildman–Crippen LogP) is 1.74. The average molecular weight is 361 g/mol. The molecule has 0 aromatic heterocycles. The van der Waals surface area contributed by atoms with Crippen molar-refractivity contribution in [1.82, 2.24) is 9.62 Å². The van der Waals surface area contributed by atoms with Gasteiger partial charge in [0, 0.05) is 17.6 Å². The minimum Gasteiger partial charge on any atom is -0.342 e. The van der Waals surface area contributed by atoms with Crippen molar-refractivity contribution in [2.45, 2.75) is 24.2 Å². The van der Waals surface area contributed by atoms with Gasteiger partial charge >= 0.3 is 0 Å². The Morgan fingerprint density at radius 3 is 2.35 bits per heavy atom. The number of hydrogen-bond donors (Lipinski definition) is 1. The van der Waals surface area contributed by atoms with Gasteiger partial charge in [0.05, 0.1) is 11.4 Å². The molecule has 1 amide bonds. The Bertz CT molecular complexity index is 566. The molecule has 0 unspecified atom stereocenters. The lowest BCUT2D eigenvalue weighted by Crippen LogP contribution is -2.42. The summed E-state index contributed by atoms with van der Waals surface area (Å²) < 4.78 is 27.2. The van der Waals surface area contributed by atoms with Crippen LogP contribution in [0.2, 0.25) is 0 Å². The van der Waals surface area contributed by atoms with Crippen molar-refractivity contribution >= 4 is 31.9 Å². The van der Waals surface area contributed by atoms with Gasteiger partial charge in [-0.1, -0.05) is 15.9 Å². The molecule has 2 rings (SSSR count). The first-order chi connectivity index (χ1) is 9.49. The zero-order chi connectivity index (χ0) is 14.6. The quantitative estimate of drug-likeness (QED) is 0.889. The number of likely N-dealkylation sites (tertiary alicyclic amines) is 1. The number of nitrogens with one attached hydrogen (secondary N) is 1. The van der Waals surface area contributed by atoms with Gasteiger partial charge in [-0.3, -0.25) is 4.79 Å². The van der Waals surface area contributed by atoms with E-state index in [-0.39, 0.29) is 17.3 Å². The molecule has 0 aliphatic carbocycles. The number of piperidine rings is 1. The molecule has 0 spiro atoms. The number of rotatable bonds is 4. The van der Waals surface area contributed by atoms with Gasteiger partial charge in [0.1, 0.15) is 0 Å². The van der Waals surface area contributed by atoms with E-state index in [0.29, 0.717) is 0 Å². The highest BCUT2D eigenvalue weighted by atomic mass is 79.9. The van der Waals surface area contributed by atoms with E-state index in [4.69, 9.17) is 0 Å². The van der Waals surface area contributed by atoms with Gasteiger partial charge in [0.2, 0.25) is 15.9 Å². The summed E-state index contributed by atoms with van der Waals surface area (Å²) in [7, 11) is -3.63. The van der Waals surface area contributed by atoms with Crippen LogP contribution in [0.4, 0.5) is 0 Å². The summed E-state index contributed by atoms with van der Waals surface area (Å²) in [5.74, 6) is -0.162. The molecule has 1 aromatic carbocycles. The molecule has 1 aliphatic heterocycles. The van der Waals surface area contributed by atoms with Gasteiger partial charge in [0.15, 0.2) is 0 Å². The molecule has 1 saturated heterocycles. The Balaban J connectivity index is 1.95. The first kappa shape index (κ1) is 15.5. The Labute approximate surface area is 127 Å². The second kappa shape index (κ2) is 6.69. The highest BCUT2D eigenvalue weighted by molar-refractivity contribution is 9.10. The van der Waals surface area contributed by atoms with Crippen LogP contribution in [0.25, 0.3) is 0 Å². The van der Waals surface area contributed by atoms with Crippen LogP contribution in [0.15, 0.2) is 33.6 Å². The maximum atomic E-state index is 12.0. The van der Waals surface area contributed by atoms with Gasteiger partial charge in [-0.25, -0.2) is 13.1 Å². The number of sulfonamides is 1. The normalized spacial score (nSPS) is 16.1. The number of halogens is 1. The molecule has 110 valence electrons. The highest BCUT2D eigenvalue weighted by Gasteiger charge is 2.20. The van der Waals surface area contributed by atoms with Crippen LogP contribution in [0, 0.1) is 0 Å². The maximum Gasteiger partial charge on any atom is 0.241 e. The topological polar surface area (TPSA) is 66.5 Å². The third-order valence-electron chi connectivity index (χ3n) is 3.25. The van der Waals surface area contributed by atoms with Crippen LogP contribution in [0.3, 0.4) is 0 Å². The summed E-state index contributed by atoms with van der Waals surface area (Å²) >= 11 is 3.25. The van der Waals surface area contributed by atoms with Gasteiger partial charge in [-0.05, 0) is 43.5 Å². The van der Waals surface area contributed by atoms with Gasteiger partial charge in [-0.2, -0.15) is 0 Å². The summed E-state index contributed by atoms with van der Waals surface area (Å²) in [6.45, 7) is 1.26. The fourth-order valence-electron chi connectivity index (χ4n) is 2.11. The van der Waals surface area contributed by atoms with E-state index in [1.807, 2.05) is 0 Å². The Kier molecular flexibility index (Phi) is 5.17. The lowest BCUT2D eigenvalue weighted by atomic mass is 10.1. The van der Waals surface area contributed by atoms with E-state index in [1.165, 1.54) is 12.1 Å². The molecule has 0 atom stereocenters. The van der Waals surface area contributed by atoms with E-state index in [0.717, 1.165) is 36.8 Å². The van der Waals surface area contributed by atoms with Crippen LogP contribution in [0.1, 0.15) is 19.3 Å². The van der Waals surface area contributed by atoms with E-state index in [2.05, 4.69) is 20.7 Å². The summed E-state index contributed by atoms with van der Waals surface area (Å²) in [6, 6.07) is 6.30. The minimum atomic E-state index is -3.63. The van der Waals surface area contributed by atoms with E-state index in [9.17, 15) is 13.2 Å². The molecule has 1 aromatic rings. The molecule has 0 radical (unpaired) electrons. The summed E-state index contributed by atoms with van der Waals surface area (Å²) in [5, 5.41) is 0. The summed E-state index contributed by atoms with van der Waals surface area (Å²) in [5.41, 5.74) is 0. The minimum absolute atomic E-state index is 0.159. The predicted molar refractivity (Wildman–Crippen MR) is 79.8 cm³/mol. The molecule has 0 bridgehead atoms. The Hall–Kier alpha value is -0.920. The van der Waals surface area contributed by atoms with Crippen molar-refractivity contribution in [2.75, 3.05) is 19.6 Å². The van der Waals surface area contributed by atoms with Crippen molar-refractivity contribution < 1.29 is 13.2 Å². The number of amides is 1. The Morgan fingerprint density at radius 1 is 1.15 bits per heavy atom. The molecule has 7 heteroatoms. The molecule has 5 nitrogen and oxygen atoms in total. The van der Waals surface area contributed by atoms with Crippen LogP contribution < -0.4 is 4.72 Å². The Morgan fingerprint density at radius 2 is 1.75 bits per heavy atom. The molecule has 1 heterocycles. The van der Waals surface area contributed by atoms with Gasteiger partial charge in [0.25, 0.3) is 0 Å². The van der Waals surface area contributed by atoms with Crippen LogP contribution >= 0.6 is 15.9 Å². The van der Waals surface area contributed by atoms with Crippen molar-refractivity contribution in [3.05, 3.63) is 28.7 Å². The molecule has 1 fully saturated rings. The average Bonchev–Trinajstić information content (AvgIpc) is 2.46. The standard InChI is InChI=1S/C13H17BrN2O3S/c14-11-4-6-12(7-5-11)20(18,19)15-10-13(17)16-8-2-1-3-9-16/h4-7,15H,1-3,8-10H2. The van der Waals surface area contributed by atoms with Crippen molar-refractivity contribution in [2.24, 2.45) is 0 Å².